The van der Waals surface area contributed by atoms with Crippen molar-refractivity contribution in [3.8, 4) is 0 Å². The first kappa shape index (κ1) is 16.3. The van der Waals surface area contributed by atoms with Crippen molar-refractivity contribution in [1.29, 1.82) is 0 Å². The van der Waals surface area contributed by atoms with Crippen LogP contribution in [-0.4, -0.2) is 29.3 Å². The highest BCUT2D eigenvalue weighted by molar-refractivity contribution is 6.01. The first-order valence-electron chi connectivity index (χ1n) is 8.67. The van der Waals surface area contributed by atoms with Crippen molar-refractivity contribution >= 4 is 17.8 Å². The van der Waals surface area contributed by atoms with E-state index in [0.29, 0.717) is 5.56 Å². The molecule has 2 N–H and O–H groups in total. The van der Waals surface area contributed by atoms with E-state index >= 15 is 0 Å². The number of nitrogens with one attached hydrogen (secondary N) is 2. The highest BCUT2D eigenvalue weighted by atomic mass is 16.2. The number of rotatable bonds is 4. The molecule has 0 bridgehead atoms. The molecule has 1 saturated heterocycles. The summed E-state index contributed by atoms with van der Waals surface area (Å²) in [6.07, 6.45) is 1.89. The van der Waals surface area contributed by atoms with Crippen LogP contribution in [0.4, 0.5) is 4.79 Å². The van der Waals surface area contributed by atoms with Gasteiger partial charge in [0.25, 0.3) is 5.91 Å². The molecule has 6 heteroatoms. The number of urea groups is 1. The van der Waals surface area contributed by atoms with Crippen molar-refractivity contribution in [3.63, 3.8) is 0 Å². The standard InChI is InChI=1S/C20H19N3O3/c24-18-11-21-20(26)23(18)12-13-5-7-15(8-6-13)19(25)22-17-10-9-14-3-1-2-4-16(14)17/h1-8,17H,9-12H2,(H,21,26)(H,22,25). The quantitative estimate of drug-likeness (QED) is 0.830. The minimum Gasteiger partial charge on any atom is -0.345 e. The van der Waals surface area contributed by atoms with Gasteiger partial charge in [-0.15, -0.1) is 0 Å². The monoisotopic (exact) mass is 349 g/mol. The fraction of sp³-hybridized carbons (Fsp3) is 0.250. The van der Waals surface area contributed by atoms with E-state index in [1.54, 1.807) is 24.3 Å². The van der Waals surface area contributed by atoms with Gasteiger partial charge in [0.15, 0.2) is 0 Å². The van der Waals surface area contributed by atoms with E-state index in [0.717, 1.165) is 18.4 Å². The Morgan fingerprint density at radius 2 is 1.88 bits per heavy atom. The van der Waals surface area contributed by atoms with E-state index in [2.05, 4.69) is 22.8 Å². The van der Waals surface area contributed by atoms with Gasteiger partial charge in [0.2, 0.25) is 5.91 Å². The van der Waals surface area contributed by atoms with Crippen LogP contribution in [0.25, 0.3) is 0 Å². The number of carbonyl (C=O) groups excluding carboxylic acids is 3. The van der Waals surface area contributed by atoms with Crippen LogP contribution in [0.3, 0.4) is 0 Å². The summed E-state index contributed by atoms with van der Waals surface area (Å²) in [5.41, 5.74) is 3.85. The van der Waals surface area contributed by atoms with E-state index in [4.69, 9.17) is 0 Å². The van der Waals surface area contributed by atoms with Crippen molar-refractivity contribution in [2.45, 2.75) is 25.4 Å². The summed E-state index contributed by atoms with van der Waals surface area (Å²) in [6.45, 7) is 0.255. The molecule has 26 heavy (non-hydrogen) atoms. The Morgan fingerprint density at radius 1 is 1.12 bits per heavy atom. The predicted molar refractivity (Wildman–Crippen MR) is 95.4 cm³/mol. The van der Waals surface area contributed by atoms with Crippen molar-refractivity contribution in [3.05, 3.63) is 70.8 Å². The van der Waals surface area contributed by atoms with Crippen molar-refractivity contribution in [2.75, 3.05) is 6.54 Å². The maximum Gasteiger partial charge on any atom is 0.324 e. The van der Waals surface area contributed by atoms with Crippen molar-refractivity contribution in [2.24, 2.45) is 0 Å². The molecule has 0 radical (unpaired) electrons. The summed E-state index contributed by atoms with van der Waals surface area (Å²) in [6, 6.07) is 14.9. The Bertz CT molecular complexity index is 860. The van der Waals surface area contributed by atoms with Gasteiger partial charge in [-0.25, -0.2) is 4.79 Å². The van der Waals surface area contributed by atoms with E-state index in [1.807, 2.05) is 12.1 Å². The first-order valence-corrected chi connectivity index (χ1v) is 8.67. The van der Waals surface area contributed by atoms with Crippen LogP contribution in [0.2, 0.25) is 0 Å². The number of hydrogen-bond donors (Lipinski definition) is 2. The molecule has 2 aliphatic rings. The Labute approximate surface area is 151 Å². The fourth-order valence-corrected chi connectivity index (χ4v) is 3.51. The summed E-state index contributed by atoms with van der Waals surface area (Å²) in [5, 5.41) is 5.58. The molecular formula is C20H19N3O3. The van der Waals surface area contributed by atoms with Gasteiger partial charge in [-0.3, -0.25) is 14.5 Å². The van der Waals surface area contributed by atoms with Gasteiger partial charge >= 0.3 is 6.03 Å². The molecule has 1 unspecified atom stereocenters. The van der Waals surface area contributed by atoms with Gasteiger partial charge in [-0.2, -0.15) is 0 Å². The van der Waals surface area contributed by atoms with E-state index in [-0.39, 0.29) is 37.0 Å². The number of carbonyl (C=O) groups is 3. The molecule has 2 aromatic rings. The first-order chi connectivity index (χ1) is 12.6. The predicted octanol–water partition coefficient (Wildman–Crippen LogP) is 2.16. The fourth-order valence-electron chi connectivity index (χ4n) is 3.51. The third kappa shape index (κ3) is 3.06. The number of amides is 4. The molecule has 1 atom stereocenters. The lowest BCUT2D eigenvalue weighted by molar-refractivity contribution is -0.125. The zero-order chi connectivity index (χ0) is 18.1. The average Bonchev–Trinajstić information content (AvgIpc) is 3.21. The third-order valence-electron chi connectivity index (χ3n) is 4.93. The molecule has 6 nitrogen and oxygen atoms in total. The van der Waals surface area contributed by atoms with E-state index in [9.17, 15) is 14.4 Å². The smallest absolute Gasteiger partial charge is 0.324 e. The third-order valence-corrected chi connectivity index (χ3v) is 4.93. The largest absolute Gasteiger partial charge is 0.345 e. The van der Waals surface area contributed by atoms with E-state index in [1.165, 1.54) is 16.0 Å². The molecule has 0 saturated carbocycles. The van der Waals surface area contributed by atoms with Crippen LogP contribution in [0.1, 0.15) is 39.5 Å². The lowest BCUT2D eigenvalue weighted by Gasteiger charge is -2.15. The summed E-state index contributed by atoms with van der Waals surface area (Å²) >= 11 is 0. The number of benzene rings is 2. The maximum atomic E-state index is 12.5. The minimum absolute atomic E-state index is 0.0438. The zero-order valence-corrected chi connectivity index (χ0v) is 14.2. The molecule has 0 spiro atoms. The molecule has 132 valence electrons. The van der Waals surface area contributed by atoms with Crippen LogP contribution >= 0.6 is 0 Å². The SMILES string of the molecule is O=C(NC1CCc2ccccc21)c1ccc(CN2C(=O)CNC2=O)cc1. The second-order valence-corrected chi connectivity index (χ2v) is 6.60. The molecule has 4 rings (SSSR count). The van der Waals surface area contributed by atoms with Gasteiger partial charge in [0.1, 0.15) is 0 Å². The summed E-state index contributed by atoms with van der Waals surface area (Å²) < 4.78 is 0. The molecule has 1 fully saturated rings. The topological polar surface area (TPSA) is 78.5 Å². The molecule has 2 aromatic carbocycles. The van der Waals surface area contributed by atoms with Crippen molar-refractivity contribution < 1.29 is 14.4 Å². The van der Waals surface area contributed by atoms with Crippen LogP contribution < -0.4 is 10.6 Å². The van der Waals surface area contributed by atoms with Gasteiger partial charge in [-0.1, -0.05) is 36.4 Å². The Balaban J connectivity index is 1.41. The maximum absolute atomic E-state index is 12.5. The number of nitrogens with zero attached hydrogens (tertiary/aromatic N) is 1. The lowest BCUT2D eigenvalue weighted by atomic mass is 10.1. The highest BCUT2D eigenvalue weighted by Crippen LogP contribution is 2.30. The summed E-state index contributed by atoms with van der Waals surface area (Å²) in [7, 11) is 0. The molecule has 4 amide bonds. The van der Waals surface area contributed by atoms with Crippen LogP contribution in [0.15, 0.2) is 48.5 Å². The number of fused-ring (bicyclic) bond motifs is 1. The molecule has 0 aromatic heterocycles. The van der Waals surface area contributed by atoms with Gasteiger partial charge in [0.05, 0.1) is 19.1 Å². The molecule has 1 aliphatic heterocycles. The normalized spacial score (nSPS) is 18.6. The molecule has 1 heterocycles. The van der Waals surface area contributed by atoms with Crippen LogP contribution in [0, 0.1) is 0 Å². The van der Waals surface area contributed by atoms with Crippen LogP contribution in [0.5, 0.6) is 0 Å². The second-order valence-electron chi connectivity index (χ2n) is 6.60. The second kappa shape index (κ2) is 6.63. The average molecular weight is 349 g/mol. The summed E-state index contributed by atoms with van der Waals surface area (Å²) in [5.74, 6) is -0.357. The van der Waals surface area contributed by atoms with Crippen molar-refractivity contribution in [1.82, 2.24) is 15.5 Å². The van der Waals surface area contributed by atoms with E-state index < -0.39 is 0 Å². The molecular weight excluding hydrogens is 330 g/mol. The minimum atomic E-state index is -0.378. The Hall–Kier alpha value is -3.15. The number of hydrogen-bond acceptors (Lipinski definition) is 3. The summed E-state index contributed by atoms with van der Waals surface area (Å²) in [4.78, 5) is 36.9. The van der Waals surface area contributed by atoms with Gasteiger partial charge in [-0.05, 0) is 41.7 Å². The Morgan fingerprint density at radius 3 is 2.62 bits per heavy atom. The highest BCUT2D eigenvalue weighted by Gasteiger charge is 2.28. The molecule has 1 aliphatic carbocycles. The van der Waals surface area contributed by atoms with Gasteiger partial charge in [0, 0.05) is 5.56 Å². The zero-order valence-electron chi connectivity index (χ0n) is 14.2. The Kier molecular flexibility index (Phi) is 4.16. The number of imide groups is 1. The lowest BCUT2D eigenvalue weighted by Crippen LogP contribution is -2.30. The van der Waals surface area contributed by atoms with Crippen LogP contribution in [-0.2, 0) is 17.8 Å². The van der Waals surface area contributed by atoms with Gasteiger partial charge < -0.3 is 10.6 Å². The number of aryl methyl sites for hydroxylation is 1.